The van der Waals surface area contributed by atoms with Crippen LogP contribution >= 0.6 is 0 Å². The maximum Gasteiger partial charge on any atom is 0.225 e. The Balaban J connectivity index is 1.37. The van der Waals surface area contributed by atoms with E-state index in [0.717, 1.165) is 44.7 Å². The molecule has 1 aromatic rings. The molecule has 4 rings (SSSR count). The lowest BCUT2D eigenvalue weighted by Crippen LogP contribution is -2.60. The fraction of sp³-hybridized carbons (Fsp3) is 0.667. The van der Waals surface area contributed by atoms with Crippen LogP contribution < -0.4 is 5.32 Å². The lowest BCUT2D eigenvalue weighted by molar-refractivity contribution is -0.130. The number of rotatable bonds is 6. The number of morpholine rings is 1. The molecule has 0 unspecified atom stereocenters. The first-order valence-electron chi connectivity index (χ1n) is 11.5. The van der Waals surface area contributed by atoms with Crippen molar-refractivity contribution in [2.24, 2.45) is 5.92 Å². The van der Waals surface area contributed by atoms with Gasteiger partial charge in [-0.1, -0.05) is 49.6 Å². The Kier molecular flexibility index (Phi) is 6.74. The van der Waals surface area contributed by atoms with Crippen LogP contribution in [-0.4, -0.2) is 66.5 Å². The Hall–Kier alpha value is -1.92. The topological polar surface area (TPSA) is 61.9 Å². The molecule has 30 heavy (non-hydrogen) atoms. The zero-order valence-electron chi connectivity index (χ0n) is 18.1. The number of hydrogen-bond acceptors (Lipinski definition) is 4. The van der Waals surface area contributed by atoms with Gasteiger partial charge in [-0.2, -0.15) is 0 Å². The van der Waals surface area contributed by atoms with Gasteiger partial charge < -0.3 is 15.0 Å². The summed E-state index contributed by atoms with van der Waals surface area (Å²) in [6.45, 7) is 6.68. The fourth-order valence-electron chi connectivity index (χ4n) is 5.44. The molecule has 2 aliphatic heterocycles. The molecule has 6 heteroatoms. The van der Waals surface area contributed by atoms with Crippen molar-refractivity contribution in [3.63, 3.8) is 0 Å². The molecule has 1 saturated carbocycles. The van der Waals surface area contributed by atoms with Crippen molar-refractivity contribution < 1.29 is 14.3 Å². The maximum atomic E-state index is 13.0. The highest BCUT2D eigenvalue weighted by atomic mass is 16.5. The van der Waals surface area contributed by atoms with Gasteiger partial charge in [0.05, 0.1) is 25.2 Å². The molecular formula is C24H35N3O3. The lowest BCUT2D eigenvalue weighted by Gasteiger charge is -2.48. The average molecular weight is 414 g/mol. The second-order valence-corrected chi connectivity index (χ2v) is 9.14. The quantitative estimate of drug-likeness (QED) is 0.779. The van der Waals surface area contributed by atoms with Crippen LogP contribution in [0, 0.1) is 5.92 Å². The lowest BCUT2D eigenvalue weighted by atomic mass is 9.79. The summed E-state index contributed by atoms with van der Waals surface area (Å²) in [6, 6.07) is 10.0. The summed E-state index contributed by atoms with van der Waals surface area (Å²) < 4.78 is 5.55. The van der Waals surface area contributed by atoms with Crippen LogP contribution in [0.2, 0.25) is 0 Å². The number of amides is 2. The number of hydrogen-bond donors (Lipinski definition) is 1. The van der Waals surface area contributed by atoms with E-state index in [1.165, 1.54) is 19.3 Å². The van der Waals surface area contributed by atoms with Crippen LogP contribution in [0.3, 0.4) is 0 Å². The standard InChI is InChI=1S/C24H35N3O3/c1-19(20-8-4-2-5-9-20)27-17-21(16-22(27)28)23(29)25-18-24(10-6-3-7-11-24)26-12-14-30-15-13-26/h2,4-5,8-9,19,21H,3,6-7,10-18H2,1H3,(H,25,29)/t19-,21-/m0/s1. The molecule has 1 aliphatic carbocycles. The highest BCUT2D eigenvalue weighted by molar-refractivity contribution is 5.89. The van der Waals surface area contributed by atoms with Crippen LogP contribution in [0.4, 0.5) is 0 Å². The summed E-state index contributed by atoms with van der Waals surface area (Å²) in [5.74, 6) is -0.148. The minimum absolute atomic E-state index is 0.00506. The van der Waals surface area contributed by atoms with Crippen molar-refractivity contribution in [1.29, 1.82) is 0 Å². The van der Waals surface area contributed by atoms with Crippen molar-refractivity contribution in [3.8, 4) is 0 Å². The van der Waals surface area contributed by atoms with E-state index >= 15 is 0 Å². The molecule has 2 amide bonds. The number of carbonyl (C=O) groups excluding carboxylic acids is 2. The first-order chi connectivity index (χ1) is 14.6. The van der Waals surface area contributed by atoms with E-state index in [9.17, 15) is 9.59 Å². The van der Waals surface area contributed by atoms with Gasteiger partial charge in [0.15, 0.2) is 0 Å². The smallest absolute Gasteiger partial charge is 0.225 e. The van der Waals surface area contributed by atoms with Crippen molar-refractivity contribution in [1.82, 2.24) is 15.1 Å². The maximum absolute atomic E-state index is 13.0. The first kappa shape index (κ1) is 21.3. The van der Waals surface area contributed by atoms with Crippen LogP contribution in [-0.2, 0) is 14.3 Å². The molecule has 2 saturated heterocycles. The van der Waals surface area contributed by atoms with E-state index in [1.807, 2.05) is 42.2 Å². The van der Waals surface area contributed by atoms with E-state index in [0.29, 0.717) is 19.5 Å². The Morgan fingerprint density at radius 1 is 1.17 bits per heavy atom. The normalized spacial score (nSPS) is 25.8. The highest BCUT2D eigenvalue weighted by Gasteiger charge is 2.41. The fourth-order valence-corrected chi connectivity index (χ4v) is 5.44. The third-order valence-corrected chi connectivity index (χ3v) is 7.34. The summed E-state index contributed by atoms with van der Waals surface area (Å²) >= 11 is 0. The summed E-state index contributed by atoms with van der Waals surface area (Å²) in [7, 11) is 0. The van der Waals surface area contributed by atoms with Gasteiger partial charge in [-0.25, -0.2) is 0 Å². The van der Waals surface area contributed by atoms with Gasteiger partial charge in [-0.15, -0.1) is 0 Å². The number of nitrogens with one attached hydrogen (secondary N) is 1. The summed E-state index contributed by atoms with van der Waals surface area (Å²) in [4.78, 5) is 30.1. The molecule has 2 atom stereocenters. The summed E-state index contributed by atoms with van der Waals surface area (Å²) in [5, 5.41) is 3.25. The zero-order chi connectivity index (χ0) is 21.0. The average Bonchev–Trinajstić information content (AvgIpc) is 3.20. The number of ether oxygens (including phenoxy) is 1. The number of nitrogens with zero attached hydrogens (tertiary/aromatic N) is 2. The van der Waals surface area contributed by atoms with Crippen LogP contribution in [0.1, 0.15) is 57.1 Å². The van der Waals surface area contributed by atoms with Crippen molar-refractivity contribution >= 4 is 11.8 Å². The van der Waals surface area contributed by atoms with Gasteiger partial charge in [-0.3, -0.25) is 14.5 Å². The molecule has 3 aliphatic rings. The number of benzene rings is 1. The molecular weight excluding hydrogens is 378 g/mol. The van der Waals surface area contributed by atoms with E-state index in [-0.39, 0.29) is 29.3 Å². The van der Waals surface area contributed by atoms with Crippen molar-refractivity contribution in [2.75, 3.05) is 39.4 Å². The van der Waals surface area contributed by atoms with Crippen molar-refractivity contribution in [2.45, 2.75) is 57.0 Å². The zero-order valence-corrected chi connectivity index (χ0v) is 18.1. The molecule has 3 fully saturated rings. The van der Waals surface area contributed by atoms with Gasteiger partial charge in [0.1, 0.15) is 0 Å². The molecule has 1 N–H and O–H groups in total. The number of carbonyl (C=O) groups is 2. The monoisotopic (exact) mass is 413 g/mol. The van der Waals surface area contributed by atoms with Gasteiger partial charge in [0, 0.05) is 38.1 Å². The largest absolute Gasteiger partial charge is 0.379 e. The first-order valence-corrected chi connectivity index (χ1v) is 11.5. The van der Waals surface area contributed by atoms with Gasteiger partial charge >= 0.3 is 0 Å². The predicted molar refractivity (Wildman–Crippen MR) is 116 cm³/mol. The molecule has 0 aromatic heterocycles. The Morgan fingerprint density at radius 3 is 2.57 bits per heavy atom. The van der Waals surface area contributed by atoms with E-state index in [4.69, 9.17) is 4.74 Å². The SMILES string of the molecule is C[C@@H](c1ccccc1)N1C[C@@H](C(=O)NCC2(N3CCOCC3)CCCCC2)CC1=O. The van der Waals surface area contributed by atoms with Crippen molar-refractivity contribution in [3.05, 3.63) is 35.9 Å². The third-order valence-electron chi connectivity index (χ3n) is 7.34. The molecule has 2 heterocycles. The molecule has 164 valence electrons. The van der Waals surface area contributed by atoms with Gasteiger partial charge in [-0.05, 0) is 25.3 Å². The Morgan fingerprint density at radius 2 is 1.87 bits per heavy atom. The predicted octanol–water partition coefficient (Wildman–Crippen LogP) is 2.75. The molecule has 6 nitrogen and oxygen atoms in total. The molecule has 0 radical (unpaired) electrons. The second kappa shape index (κ2) is 9.48. The van der Waals surface area contributed by atoms with Gasteiger partial charge in [0.2, 0.25) is 11.8 Å². The van der Waals surface area contributed by atoms with E-state index in [2.05, 4.69) is 10.2 Å². The highest BCUT2D eigenvalue weighted by Crippen LogP contribution is 2.34. The van der Waals surface area contributed by atoms with E-state index in [1.54, 1.807) is 0 Å². The Bertz CT molecular complexity index is 726. The molecule has 0 spiro atoms. The minimum Gasteiger partial charge on any atom is -0.379 e. The summed E-state index contributed by atoms with van der Waals surface area (Å²) in [5.41, 5.74) is 1.16. The minimum atomic E-state index is -0.256. The number of likely N-dealkylation sites (tertiary alicyclic amines) is 1. The van der Waals surface area contributed by atoms with E-state index < -0.39 is 0 Å². The van der Waals surface area contributed by atoms with Crippen LogP contribution in [0.25, 0.3) is 0 Å². The second-order valence-electron chi connectivity index (χ2n) is 9.14. The van der Waals surface area contributed by atoms with Crippen LogP contribution in [0.15, 0.2) is 30.3 Å². The molecule has 0 bridgehead atoms. The third kappa shape index (κ3) is 4.54. The molecule has 1 aromatic carbocycles. The van der Waals surface area contributed by atoms with Crippen LogP contribution in [0.5, 0.6) is 0 Å². The summed E-state index contributed by atoms with van der Waals surface area (Å²) in [6.07, 6.45) is 6.30. The Labute approximate surface area is 179 Å². The van der Waals surface area contributed by atoms with Gasteiger partial charge in [0.25, 0.3) is 0 Å².